The molecular weight excluding hydrogens is 310 g/mol. The summed E-state index contributed by atoms with van der Waals surface area (Å²) in [6.45, 7) is 2.72. The molecule has 0 aromatic carbocycles. The summed E-state index contributed by atoms with van der Waals surface area (Å²) >= 11 is 0. The van der Waals surface area contributed by atoms with E-state index in [0.29, 0.717) is 5.06 Å². The van der Waals surface area contributed by atoms with Crippen LogP contribution in [0.1, 0.15) is 52.4 Å². The van der Waals surface area contributed by atoms with E-state index in [9.17, 15) is 28.8 Å². The molecule has 9 heteroatoms. The van der Waals surface area contributed by atoms with E-state index in [1.54, 1.807) is 0 Å². The molecule has 1 N–H and O–H groups in total. The van der Waals surface area contributed by atoms with Crippen molar-refractivity contribution in [3.05, 3.63) is 0 Å². The lowest BCUT2D eigenvalue weighted by atomic mass is 10.2. The second kappa shape index (κ2) is 10.2. The van der Waals surface area contributed by atoms with Crippen LogP contribution < -0.4 is 0 Å². The van der Waals surface area contributed by atoms with Gasteiger partial charge in [0.15, 0.2) is 0 Å². The molecule has 1 saturated heterocycles. The normalized spacial score (nSPS) is 13.2. The highest BCUT2D eigenvalue weighted by atomic mass is 16.7. The molecular formula is C14H19NO8. The second-order valence-corrected chi connectivity index (χ2v) is 4.84. The number of carbonyl (C=O) groups is 6. The van der Waals surface area contributed by atoms with E-state index in [-0.39, 0.29) is 50.1 Å². The predicted octanol–water partition coefficient (Wildman–Crippen LogP) is 0.403. The third kappa shape index (κ3) is 9.88. The zero-order valence-electron chi connectivity index (χ0n) is 13.0. The molecule has 1 aliphatic rings. The summed E-state index contributed by atoms with van der Waals surface area (Å²) in [7, 11) is 0. The van der Waals surface area contributed by atoms with Crippen molar-refractivity contribution in [2.45, 2.75) is 52.4 Å². The van der Waals surface area contributed by atoms with E-state index < -0.39 is 23.8 Å². The van der Waals surface area contributed by atoms with Crippen LogP contribution in [0.5, 0.6) is 0 Å². The number of ketones is 2. The summed E-state index contributed by atoms with van der Waals surface area (Å²) in [4.78, 5) is 68.0. The molecule has 2 amide bonds. The standard InChI is InChI=1S/C9H11NO5.C5H8O3/c1-6(11)2-5-9(14)15-10-7(12)3-4-8(10)13;1-4(6)2-3-5(7)8/h2-5H2,1H3;2-3H2,1H3,(H,7,8). The second-order valence-electron chi connectivity index (χ2n) is 4.84. The fourth-order valence-electron chi connectivity index (χ4n) is 1.37. The van der Waals surface area contributed by atoms with Crippen LogP contribution >= 0.6 is 0 Å². The minimum Gasteiger partial charge on any atom is -0.481 e. The van der Waals surface area contributed by atoms with Gasteiger partial charge in [0.05, 0.1) is 12.8 Å². The number of hydroxylamine groups is 2. The number of hydrogen-bond donors (Lipinski definition) is 1. The Hall–Kier alpha value is -2.58. The number of amides is 2. The summed E-state index contributed by atoms with van der Waals surface area (Å²) in [5, 5.41) is 8.48. The molecule has 9 nitrogen and oxygen atoms in total. The highest BCUT2D eigenvalue weighted by molar-refractivity contribution is 6.01. The summed E-state index contributed by atoms with van der Waals surface area (Å²) in [6, 6.07) is 0. The molecule has 0 aromatic rings. The molecule has 0 bridgehead atoms. The molecule has 23 heavy (non-hydrogen) atoms. The zero-order valence-corrected chi connectivity index (χ0v) is 13.0. The van der Waals surface area contributed by atoms with E-state index in [2.05, 4.69) is 4.84 Å². The number of imide groups is 1. The molecule has 0 saturated carbocycles. The zero-order chi connectivity index (χ0) is 18.0. The predicted molar refractivity (Wildman–Crippen MR) is 74.6 cm³/mol. The summed E-state index contributed by atoms with van der Waals surface area (Å²) in [6.07, 6.45) is 0.170. The maximum atomic E-state index is 11.1. The van der Waals surface area contributed by atoms with Crippen LogP contribution in [0.4, 0.5) is 0 Å². The lowest BCUT2D eigenvalue weighted by molar-refractivity contribution is -0.197. The van der Waals surface area contributed by atoms with E-state index >= 15 is 0 Å². The molecule has 0 atom stereocenters. The maximum Gasteiger partial charge on any atom is 0.333 e. The lowest BCUT2D eigenvalue weighted by Gasteiger charge is -2.11. The lowest BCUT2D eigenvalue weighted by Crippen LogP contribution is -2.32. The van der Waals surface area contributed by atoms with Crippen LogP contribution in [-0.2, 0) is 33.6 Å². The van der Waals surface area contributed by atoms with E-state index in [4.69, 9.17) is 5.11 Å². The van der Waals surface area contributed by atoms with Crippen LogP contribution in [0.15, 0.2) is 0 Å². The van der Waals surface area contributed by atoms with Gasteiger partial charge in [0, 0.05) is 25.7 Å². The Labute approximate surface area is 132 Å². The molecule has 0 aromatic heterocycles. The van der Waals surface area contributed by atoms with Gasteiger partial charge in [-0.3, -0.25) is 14.4 Å². The first-order valence-corrected chi connectivity index (χ1v) is 6.90. The minimum atomic E-state index is -0.916. The first-order chi connectivity index (χ1) is 10.6. The first kappa shape index (κ1) is 20.4. The summed E-state index contributed by atoms with van der Waals surface area (Å²) in [5.41, 5.74) is 0. The SMILES string of the molecule is CC(=O)CCC(=O)O.CC(=O)CCC(=O)ON1C(=O)CCC1=O. The molecule has 128 valence electrons. The van der Waals surface area contributed by atoms with Crippen LogP contribution in [0.2, 0.25) is 0 Å². The monoisotopic (exact) mass is 329 g/mol. The van der Waals surface area contributed by atoms with Crippen molar-refractivity contribution in [2.75, 3.05) is 0 Å². The van der Waals surface area contributed by atoms with Gasteiger partial charge in [0.2, 0.25) is 0 Å². The van der Waals surface area contributed by atoms with Crippen LogP contribution in [-0.4, -0.2) is 45.5 Å². The number of carboxylic acids is 1. The van der Waals surface area contributed by atoms with Gasteiger partial charge in [-0.15, -0.1) is 5.06 Å². The average Bonchev–Trinajstić information content (AvgIpc) is 2.75. The van der Waals surface area contributed by atoms with Crippen molar-refractivity contribution in [3.63, 3.8) is 0 Å². The van der Waals surface area contributed by atoms with Crippen LogP contribution in [0.3, 0.4) is 0 Å². The number of hydrogen-bond acceptors (Lipinski definition) is 7. The van der Waals surface area contributed by atoms with Gasteiger partial charge in [-0.25, -0.2) is 4.79 Å². The fourth-order valence-corrected chi connectivity index (χ4v) is 1.37. The number of rotatable bonds is 7. The Morgan fingerprint density at radius 1 is 0.913 bits per heavy atom. The van der Waals surface area contributed by atoms with E-state index in [1.165, 1.54) is 13.8 Å². The molecule has 1 fully saturated rings. The topological polar surface area (TPSA) is 135 Å². The van der Waals surface area contributed by atoms with Gasteiger partial charge in [-0.2, -0.15) is 0 Å². The first-order valence-electron chi connectivity index (χ1n) is 6.90. The Morgan fingerprint density at radius 2 is 1.35 bits per heavy atom. The number of carboxylic acid groups (broad SMARTS) is 1. The van der Waals surface area contributed by atoms with Crippen LogP contribution in [0.25, 0.3) is 0 Å². The van der Waals surface area contributed by atoms with Crippen LogP contribution in [0, 0.1) is 0 Å². The molecule has 0 spiro atoms. The highest BCUT2D eigenvalue weighted by Gasteiger charge is 2.32. The van der Waals surface area contributed by atoms with Gasteiger partial charge < -0.3 is 19.5 Å². The van der Waals surface area contributed by atoms with Crippen molar-refractivity contribution in [1.82, 2.24) is 5.06 Å². The molecule has 1 heterocycles. The Bertz CT molecular complexity index is 481. The summed E-state index contributed by atoms with van der Waals surface area (Å²) in [5.74, 6) is -2.92. The molecule has 0 radical (unpaired) electrons. The Balaban J connectivity index is 0.000000515. The van der Waals surface area contributed by atoms with Crippen molar-refractivity contribution in [3.8, 4) is 0 Å². The van der Waals surface area contributed by atoms with Gasteiger partial charge in [0.1, 0.15) is 11.6 Å². The largest absolute Gasteiger partial charge is 0.481 e. The van der Waals surface area contributed by atoms with Gasteiger partial charge in [0.25, 0.3) is 11.8 Å². The fraction of sp³-hybridized carbons (Fsp3) is 0.571. The Morgan fingerprint density at radius 3 is 1.70 bits per heavy atom. The van der Waals surface area contributed by atoms with Crippen molar-refractivity contribution >= 4 is 35.3 Å². The number of carbonyl (C=O) groups excluding carboxylic acids is 5. The van der Waals surface area contributed by atoms with Gasteiger partial charge >= 0.3 is 11.9 Å². The smallest absolute Gasteiger partial charge is 0.333 e. The highest BCUT2D eigenvalue weighted by Crippen LogP contribution is 2.12. The third-order valence-electron chi connectivity index (χ3n) is 2.57. The summed E-state index contributed by atoms with van der Waals surface area (Å²) < 4.78 is 0. The molecule has 0 aliphatic carbocycles. The van der Waals surface area contributed by atoms with Crippen molar-refractivity contribution in [2.24, 2.45) is 0 Å². The average molecular weight is 329 g/mol. The molecule has 0 unspecified atom stereocenters. The molecule has 1 aliphatic heterocycles. The Kier molecular flexibility index (Phi) is 9.05. The number of nitrogens with zero attached hydrogens (tertiary/aromatic N) is 1. The quantitative estimate of drug-likeness (QED) is 0.663. The number of aliphatic carboxylic acids is 1. The number of Topliss-reactive ketones (excluding diaryl/α,β-unsaturated/α-hetero) is 2. The van der Waals surface area contributed by atoms with Crippen molar-refractivity contribution < 1.29 is 38.7 Å². The van der Waals surface area contributed by atoms with E-state index in [1.807, 2.05) is 0 Å². The van der Waals surface area contributed by atoms with Crippen molar-refractivity contribution in [1.29, 1.82) is 0 Å². The maximum absolute atomic E-state index is 11.1. The van der Waals surface area contributed by atoms with E-state index in [0.717, 1.165) is 0 Å². The molecule has 1 rings (SSSR count). The minimum absolute atomic E-state index is 0.0463. The third-order valence-corrected chi connectivity index (χ3v) is 2.57. The van der Waals surface area contributed by atoms with Gasteiger partial charge in [-0.1, -0.05) is 0 Å². The van der Waals surface area contributed by atoms with Gasteiger partial charge in [-0.05, 0) is 13.8 Å².